The van der Waals surface area contributed by atoms with Crippen LogP contribution < -0.4 is 5.32 Å². The number of esters is 1. The molecule has 0 atom stereocenters. The van der Waals surface area contributed by atoms with Crippen LogP contribution in [0.25, 0.3) is 11.3 Å². The van der Waals surface area contributed by atoms with Crippen LogP contribution in [0.15, 0.2) is 48.5 Å². The van der Waals surface area contributed by atoms with Gasteiger partial charge in [-0.3, -0.25) is 10.1 Å². The molecule has 1 amide bonds. The molecule has 1 aliphatic carbocycles. The lowest BCUT2D eigenvalue weighted by Crippen LogP contribution is -2.12. The summed E-state index contributed by atoms with van der Waals surface area (Å²) in [5, 5.41) is 3.42. The summed E-state index contributed by atoms with van der Waals surface area (Å²) in [4.78, 5) is 29.5. The minimum atomic E-state index is -0.429. The number of fused-ring (bicyclic) bond motifs is 3. The van der Waals surface area contributed by atoms with Crippen molar-refractivity contribution >= 4 is 28.3 Å². The summed E-state index contributed by atoms with van der Waals surface area (Å²) in [7, 11) is 1.32. The summed E-state index contributed by atoms with van der Waals surface area (Å²) in [6.07, 6.45) is 0.854. The Labute approximate surface area is 148 Å². The highest BCUT2D eigenvalue weighted by Gasteiger charge is 2.23. The third-order valence-electron chi connectivity index (χ3n) is 4.11. The molecule has 124 valence electrons. The van der Waals surface area contributed by atoms with Crippen LogP contribution in [-0.4, -0.2) is 24.0 Å². The normalized spacial score (nSPS) is 11.6. The number of nitrogens with zero attached hydrogens (tertiary/aromatic N) is 1. The topological polar surface area (TPSA) is 68.3 Å². The van der Waals surface area contributed by atoms with Crippen molar-refractivity contribution in [1.29, 1.82) is 0 Å². The summed E-state index contributed by atoms with van der Waals surface area (Å²) in [5.41, 5.74) is 4.23. The molecule has 0 bridgehead atoms. The standard InChI is InChI=1S/C19H14N2O3S/c1-24-18(23)12-8-6-11(7-9-12)17(22)21-19-20-16-14-5-3-2-4-13(14)10-15(16)25-19/h2-9H,10H2,1H3,(H,20,21,22). The van der Waals surface area contributed by atoms with E-state index in [0.29, 0.717) is 16.3 Å². The second-order valence-corrected chi connectivity index (χ2v) is 6.73. The summed E-state index contributed by atoms with van der Waals surface area (Å²) in [6, 6.07) is 14.5. The predicted octanol–water partition coefficient (Wildman–Crippen LogP) is 3.75. The average Bonchev–Trinajstić information content (AvgIpc) is 3.18. The Morgan fingerprint density at radius 1 is 1.08 bits per heavy atom. The van der Waals surface area contributed by atoms with E-state index in [4.69, 9.17) is 0 Å². The summed E-state index contributed by atoms with van der Waals surface area (Å²) < 4.78 is 4.65. The number of ether oxygens (including phenoxy) is 1. The van der Waals surface area contributed by atoms with Crippen molar-refractivity contribution in [3.05, 3.63) is 70.1 Å². The molecule has 25 heavy (non-hydrogen) atoms. The first-order valence-corrected chi connectivity index (χ1v) is 8.55. The molecule has 2 aromatic carbocycles. The molecule has 0 saturated heterocycles. The van der Waals surface area contributed by atoms with Gasteiger partial charge in [-0.2, -0.15) is 0 Å². The van der Waals surface area contributed by atoms with Crippen LogP contribution in [0.2, 0.25) is 0 Å². The Morgan fingerprint density at radius 3 is 2.56 bits per heavy atom. The van der Waals surface area contributed by atoms with Gasteiger partial charge in [0.15, 0.2) is 5.13 Å². The first-order chi connectivity index (χ1) is 12.2. The Balaban J connectivity index is 1.52. The van der Waals surface area contributed by atoms with Crippen LogP contribution in [0.3, 0.4) is 0 Å². The van der Waals surface area contributed by atoms with Crippen molar-refractivity contribution in [3.63, 3.8) is 0 Å². The van der Waals surface area contributed by atoms with Gasteiger partial charge in [0.2, 0.25) is 0 Å². The van der Waals surface area contributed by atoms with E-state index in [1.807, 2.05) is 12.1 Å². The maximum atomic E-state index is 12.4. The lowest BCUT2D eigenvalue weighted by molar-refractivity contribution is 0.0600. The summed E-state index contributed by atoms with van der Waals surface area (Å²) in [6.45, 7) is 0. The van der Waals surface area contributed by atoms with E-state index < -0.39 is 5.97 Å². The summed E-state index contributed by atoms with van der Waals surface area (Å²) in [5.74, 6) is -0.681. The zero-order valence-corrected chi connectivity index (χ0v) is 14.2. The minimum Gasteiger partial charge on any atom is -0.465 e. The van der Waals surface area contributed by atoms with Gasteiger partial charge in [0.05, 0.1) is 18.4 Å². The zero-order valence-electron chi connectivity index (χ0n) is 13.4. The van der Waals surface area contributed by atoms with E-state index in [0.717, 1.165) is 22.6 Å². The average molecular weight is 350 g/mol. The van der Waals surface area contributed by atoms with Crippen molar-refractivity contribution in [2.45, 2.75) is 6.42 Å². The SMILES string of the molecule is COC(=O)c1ccc(C(=O)Nc2nc3c(s2)Cc2ccccc2-3)cc1. The van der Waals surface area contributed by atoms with E-state index in [1.54, 1.807) is 24.3 Å². The number of hydrogen-bond acceptors (Lipinski definition) is 5. The van der Waals surface area contributed by atoms with Crippen molar-refractivity contribution in [2.75, 3.05) is 12.4 Å². The Morgan fingerprint density at radius 2 is 1.80 bits per heavy atom. The first-order valence-electron chi connectivity index (χ1n) is 7.73. The number of carbonyl (C=O) groups excluding carboxylic acids is 2. The van der Waals surface area contributed by atoms with Crippen LogP contribution in [0.4, 0.5) is 5.13 Å². The fraction of sp³-hybridized carbons (Fsp3) is 0.105. The number of amides is 1. The third-order valence-corrected chi connectivity index (χ3v) is 5.08. The van der Waals surface area contributed by atoms with Crippen LogP contribution in [0.1, 0.15) is 31.2 Å². The maximum absolute atomic E-state index is 12.4. The Kier molecular flexibility index (Phi) is 3.82. The van der Waals surface area contributed by atoms with E-state index in [9.17, 15) is 9.59 Å². The van der Waals surface area contributed by atoms with Gasteiger partial charge in [-0.1, -0.05) is 24.3 Å². The summed E-state index contributed by atoms with van der Waals surface area (Å²) >= 11 is 1.50. The zero-order chi connectivity index (χ0) is 17.4. The smallest absolute Gasteiger partial charge is 0.337 e. The molecule has 1 aromatic heterocycles. The third kappa shape index (κ3) is 2.81. The van der Waals surface area contributed by atoms with Crippen LogP contribution in [0, 0.1) is 0 Å². The van der Waals surface area contributed by atoms with Gasteiger partial charge in [0.1, 0.15) is 0 Å². The number of anilines is 1. The highest BCUT2D eigenvalue weighted by atomic mass is 32.1. The molecule has 0 aliphatic heterocycles. The Bertz CT molecular complexity index is 977. The highest BCUT2D eigenvalue weighted by molar-refractivity contribution is 7.16. The van der Waals surface area contributed by atoms with Gasteiger partial charge in [-0.25, -0.2) is 9.78 Å². The van der Waals surface area contributed by atoms with Crippen LogP contribution in [-0.2, 0) is 11.2 Å². The number of rotatable bonds is 3. The Hall–Kier alpha value is -2.99. The monoisotopic (exact) mass is 350 g/mol. The van der Waals surface area contributed by atoms with E-state index in [1.165, 1.54) is 24.0 Å². The van der Waals surface area contributed by atoms with E-state index >= 15 is 0 Å². The minimum absolute atomic E-state index is 0.253. The van der Waals surface area contributed by atoms with Gasteiger partial charge in [0, 0.05) is 22.4 Å². The molecule has 1 aliphatic rings. The molecule has 0 saturated carbocycles. The highest BCUT2D eigenvalue weighted by Crippen LogP contribution is 2.40. The van der Waals surface area contributed by atoms with Crippen molar-refractivity contribution in [2.24, 2.45) is 0 Å². The molecular weight excluding hydrogens is 336 g/mol. The predicted molar refractivity (Wildman–Crippen MR) is 96.1 cm³/mol. The molecule has 4 rings (SSSR count). The van der Waals surface area contributed by atoms with E-state index in [2.05, 4.69) is 27.2 Å². The molecule has 0 fully saturated rings. The molecule has 0 unspecified atom stereocenters. The lowest BCUT2D eigenvalue weighted by atomic mass is 10.1. The van der Waals surface area contributed by atoms with Gasteiger partial charge in [0.25, 0.3) is 5.91 Å². The van der Waals surface area contributed by atoms with E-state index in [-0.39, 0.29) is 5.91 Å². The van der Waals surface area contributed by atoms with Gasteiger partial charge >= 0.3 is 5.97 Å². The molecule has 6 heteroatoms. The van der Waals surface area contributed by atoms with Crippen LogP contribution >= 0.6 is 11.3 Å². The molecular formula is C19H14N2O3S. The second kappa shape index (κ2) is 6.14. The molecule has 1 heterocycles. The molecule has 0 radical (unpaired) electrons. The largest absolute Gasteiger partial charge is 0.465 e. The van der Waals surface area contributed by atoms with Gasteiger partial charge in [-0.15, -0.1) is 11.3 Å². The molecule has 5 nitrogen and oxygen atoms in total. The number of hydrogen-bond donors (Lipinski definition) is 1. The number of benzene rings is 2. The number of aromatic nitrogens is 1. The van der Waals surface area contributed by atoms with Crippen molar-refractivity contribution in [3.8, 4) is 11.3 Å². The number of nitrogens with one attached hydrogen (secondary N) is 1. The lowest BCUT2D eigenvalue weighted by Gasteiger charge is -2.04. The number of methoxy groups -OCH3 is 1. The first kappa shape index (κ1) is 15.5. The van der Waals surface area contributed by atoms with Gasteiger partial charge < -0.3 is 4.74 Å². The fourth-order valence-electron chi connectivity index (χ4n) is 2.86. The van der Waals surface area contributed by atoms with Crippen LogP contribution in [0.5, 0.6) is 0 Å². The molecule has 0 spiro atoms. The second-order valence-electron chi connectivity index (χ2n) is 5.65. The van der Waals surface area contributed by atoms with Gasteiger partial charge in [-0.05, 0) is 29.8 Å². The molecule has 1 N–H and O–H groups in total. The quantitative estimate of drug-likeness (QED) is 0.571. The molecule has 3 aromatic rings. The maximum Gasteiger partial charge on any atom is 0.337 e. The van der Waals surface area contributed by atoms with Crippen molar-refractivity contribution < 1.29 is 14.3 Å². The van der Waals surface area contributed by atoms with Crippen molar-refractivity contribution in [1.82, 2.24) is 4.98 Å². The fourth-order valence-corrected chi connectivity index (χ4v) is 3.85. The number of carbonyl (C=O) groups is 2. The number of thiazole rings is 1.